The lowest BCUT2D eigenvalue weighted by Gasteiger charge is -2.34. The fourth-order valence-electron chi connectivity index (χ4n) is 3.80. The van der Waals surface area contributed by atoms with E-state index in [0.29, 0.717) is 16.8 Å². The first kappa shape index (κ1) is 24.0. The number of carboxylic acid groups (broad SMARTS) is 1. The fourth-order valence-corrected chi connectivity index (χ4v) is 3.80. The highest BCUT2D eigenvalue weighted by atomic mass is 19.4. The zero-order valence-electron chi connectivity index (χ0n) is 18.0. The number of carbonyl (C=O) groups is 3. The maximum atomic E-state index is 13.0. The number of rotatable bonds is 6. The third-order valence-electron chi connectivity index (χ3n) is 5.50. The maximum Gasteiger partial charge on any atom is 0.416 e. The van der Waals surface area contributed by atoms with Crippen molar-refractivity contribution >= 4 is 17.8 Å². The van der Waals surface area contributed by atoms with E-state index in [1.165, 1.54) is 29.2 Å². The van der Waals surface area contributed by atoms with Gasteiger partial charge in [0, 0.05) is 18.0 Å². The van der Waals surface area contributed by atoms with Gasteiger partial charge >= 0.3 is 18.1 Å². The van der Waals surface area contributed by atoms with Crippen molar-refractivity contribution in [3.05, 3.63) is 82.1 Å². The summed E-state index contributed by atoms with van der Waals surface area (Å²) in [6.45, 7) is 3.43. The quantitative estimate of drug-likeness (QED) is 0.628. The van der Waals surface area contributed by atoms with Gasteiger partial charge in [0.25, 0.3) is 0 Å². The van der Waals surface area contributed by atoms with Gasteiger partial charge in [-0.15, -0.1) is 0 Å². The molecule has 0 saturated carbocycles. The zero-order chi connectivity index (χ0) is 24.3. The minimum atomic E-state index is -4.50. The van der Waals surface area contributed by atoms with Crippen LogP contribution in [0.5, 0.6) is 0 Å². The molecule has 0 radical (unpaired) electrons. The van der Waals surface area contributed by atoms with E-state index in [1.807, 2.05) is 0 Å². The minimum Gasteiger partial charge on any atom is -0.478 e. The van der Waals surface area contributed by atoms with Crippen LogP contribution in [0.1, 0.15) is 53.2 Å². The van der Waals surface area contributed by atoms with Gasteiger partial charge in [0.1, 0.15) is 0 Å². The molecule has 3 rings (SSSR count). The van der Waals surface area contributed by atoms with Gasteiger partial charge in [-0.05, 0) is 49.2 Å². The van der Waals surface area contributed by atoms with E-state index in [-0.39, 0.29) is 36.6 Å². The molecule has 0 aliphatic carbocycles. The second-order valence-corrected chi connectivity index (χ2v) is 7.58. The SMILES string of the molecule is CCOC(=O)C1=C(C)N(Cc2ccc(C(=O)O)cc2)C(=O)CC1c1ccc(C(F)(F)F)cc1. The first-order valence-corrected chi connectivity index (χ1v) is 10.2. The molecule has 1 aliphatic heterocycles. The predicted molar refractivity (Wildman–Crippen MR) is 112 cm³/mol. The summed E-state index contributed by atoms with van der Waals surface area (Å²) in [7, 11) is 0. The average molecular weight is 461 g/mol. The molecule has 2 aromatic rings. The standard InChI is InChI=1S/C24H22F3NO5/c1-3-33-23(32)21-14(2)28(13-15-4-6-17(7-5-15)22(30)31)20(29)12-19(21)16-8-10-18(11-9-16)24(25,26)27/h4-11,19H,3,12-13H2,1-2H3,(H,30,31). The predicted octanol–water partition coefficient (Wildman–Crippen LogP) is 4.76. The van der Waals surface area contributed by atoms with Crippen LogP contribution in [0.2, 0.25) is 0 Å². The number of halogens is 3. The van der Waals surface area contributed by atoms with Gasteiger partial charge in [0.15, 0.2) is 0 Å². The number of nitrogens with zero attached hydrogens (tertiary/aromatic N) is 1. The van der Waals surface area contributed by atoms with Crippen LogP contribution in [0, 0.1) is 0 Å². The van der Waals surface area contributed by atoms with Gasteiger partial charge in [-0.1, -0.05) is 24.3 Å². The Kier molecular flexibility index (Phi) is 6.90. The number of hydrogen-bond acceptors (Lipinski definition) is 4. The lowest BCUT2D eigenvalue weighted by Crippen LogP contribution is -2.38. The van der Waals surface area contributed by atoms with E-state index in [0.717, 1.165) is 12.1 Å². The molecule has 1 unspecified atom stereocenters. The lowest BCUT2D eigenvalue weighted by atomic mass is 9.83. The molecule has 0 saturated heterocycles. The van der Waals surface area contributed by atoms with Gasteiger partial charge in [-0.2, -0.15) is 13.2 Å². The normalized spacial score (nSPS) is 16.7. The number of amides is 1. The van der Waals surface area contributed by atoms with Crippen LogP contribution in [0.15, 0.2) is 59.8 Å². The van der Waals surface area contributed by atoms with E-state index in [1.54, 1.807) is 26.0 Å². The van der Waals surface area contributed by atoms with Crippen LogP contribution >= 0.6 is 0 Å². The Bertz CT molecular complexity index is 1090. The van der Waals surface area contributed by atoms with Crippen LogP contribution in [0.3, 0.4) is 0 Å². The summed E-state index contributed by atoms with van der Waals surface area (Å²) in [5.74, 6) is -2.77. The van der Waals surface area contributed by atoms with Crippen LogP contribution < -0.4 is 0 Å². The molecule has 0 fully saturated rings. The van der Waals surface area contributed by atoms with E-state index >= 15 is 0 Å². The summed E-state index contributed by atoms with van der Waals surface area (Å²) in [5.41, 5.74) is 0.896. The molecule has 0 bridgehead atoms. The number of esters is 1. The van der Waals surface area contributed by atoms with Gasteiger partial charge in [0.2, 0.25) is 5.91 Å². The first-order valence-electron chi connectivity index (χ1n) is 10.2. The Labute approximate surface area is 188 Å². The summed E-state index contributed by atoms with van der Waals surface area (Å²) >= 11 is 0. The number of hydrogen-bond donors (Lipinski definition) is 1. The molecule has 33 heavy (non-hydrogen) atoms. The Balaban J connectivity index is 1.98. The Morgan fingerprint density at radius 2 is 1.70 bits per heavy atom. The number of carboxylic acids is 1. The molecule has 6 nitrogen and oxygen atoms in total. The van der Waals surface area contributed by atoms with Gasteiger partial charge in [-0.25, -0.2) is 9.59 Å². The molecule has 0 aromatic heterocycles. The van der Waals surface area contributed by atoms with Crippen LogP contribution in [0.4, 0.5) is 13.2 Å². The second-order valence-electron chi connectivity index (χ2n) is 7.58. The number of allylic oxidation sites excluding steroid dienone is 1. The van der Waals surface area contributed by atoms with Gasteiger partial charge in [0.05, 0.1) is 29.9 Å². The topological polar surface area (TPSA) is 83.9 Å². The van der Waals surface area contributed by atoms with Crippen molar-refractivity contribution in [3.63, 3.8) is 0 Å². The molecule has 1 aliphatic rings. The van der Waals surface area contributed by atoms with Crippen LogP contribution in [0.25, 0.3) is 0 Å². The largest absolute Gasteiger partial charge is 0.478 e. The summed E-state index contributed by atoms with van der Waals surface area (Å²) in [4.78, 5) is 38.2. The van der Waals surface area contributed by atoms with Crippen LogP contribution in [-0.2, 0) is 27.0 Å². The molecular formula is C24H22F3NO5. The molecule has 1 heterocycles. The van der Waals surface area contributed by atoms with E-state index in [9.17, 15) is 27.6 Å². The first-order chi connectivity index (χ1) is 15.5. The van der Waals surface area contributed by atoms with Crippen molar-refractivity contribution in [2.24, 2.45) is 0 Å². The third-order valence-corrected chi connectivity index (χ3v) is 5.50. The summed E-state index contributed by atoms with van der Waals surface area (Å²) in [5, 5.41) is 9.04. The highest BCUT2D eigenvalue weighted by Gasteiger charge is 2.37. The molecule has 174 valence electrons. The van der Waals surface area contributed by atoms with Crippen molar-refractivity contribution in [1.82, 2.24) is 4.90 Å². The molecule has 9 heteroatoms. The maximum absolute atomic E-state index is 13.0. The van der Waals surface area contributed by atoms with Gasteiger partial charge in [-0.3, -0.25) is 4.79 Å². The highest BCUT2D eigenvalue weighted by molar-refractivity contribution is 5.96. The summed E-state index contributed by atoms with van der Waals surface area (Å²) in [6.07, 6.45) is -4.62. The highest BCUT2D eigenvalue weighted by Crippen LogP contribution is 2.39. The Morgan fingerprint density at radius 3 is 2.21 bits per heavy atom. The number of benzene rings is 2. The van der Waals surface area contributed by atoms with Crippen molar-refractivity contribution in [2.45, 2.75) is 38.9 Å². The summed E-state index contributed by atoms with van der Waals surface area (Å²) in [6, 6.07) is 10.4. The van der Waals surface area contributed by atoms with E-state index in [2.05, 4.69) is 0 Å². The molecular weight excluding hydrogens is 439 g/mol. The molecule has 1 atom stereocenters. The van der Waals surface area contributed by atoms with E-state index in [4.69, 9.17) is 9.84 Å². The third kappa shape index (κ3) is 5.24. The smallest absolute Gasteiger partial charge is 0.416 e. The lowest BCUT2D eigenvalue weighted by molar-refractivity contribution is -0.140. The number of alkyl halides is 3. The monoisotopic (exact) mass is 461 g/mol. The summed E-state index contributed by atoms with van der Waals surface area (Å²) < 4.78 is 44.0. The molecule has 2 aromatic carbocycles. The number of carbonyl (C=O) groups excluding carboxylic acids is 2. The van der Waals surface area contributed by atoms with E-state index < -0.39 is 29.6 Å². The molecule has 0 spiro atoms. The fraction of sp³-hybridized carbons (Fsp3) is 0.292. The minimum absolute atomic E-state index is 0.0972. The van der Waals surface area contributed by atoms with Crippen molar-refractivity contribution < 1.29 is 37.4 Å². The van der Waals surface area contributed by atoms with Crippen LogP contribution in [-0.4, -0.2) is 34.5 Å². The van der Waals surface area contributed by atoms with Crippen molar-refractivity contribution in [1.29, 1.82) is 0 Å². The van der Waals surface area contributed by atoms with Crippen molar-refractivity contribution in [2.75, 3.05) is 6.61 Å². The van der Waals surface area contributed by atoms with Crippen molar-refractivity contribution in [3.8, 4) is 0 Å². The molecule has 1 amide bonds. The second kappa shape index (κ2) is 9.48. The number of ether oxygens (including phenoxy) is 1. The number of aromatic carboxylic acids is 1. The molecule has 1 N–H and O–H groups in total. The van der Waals surface area contributed by atoms with Gasteiger partial charge < -0.3 is 14.7 Å². The zero-order valence-corrected chi connectivity index (χ0v) is 18.0. The Morgan fingerprint density at radius 1 is 1.09 bits per heavy atom. The average Bonchev–Trinajstić information content (AvgIpc) is 2.76. The Hall–Kier alpha value is -3.62.